The fourth-order valence-corrected chi connectivity index (χ4v) is 0.588. The van der Waals surface area contributed by atoms with Crippen LogP contribution in [0.5, 0.6) is 0 Å². The van der Waals surface area contributed by atoms with Crippen LogP contribution in [0.15, 0.2) is 0 Å². The molecule has 0 rings (SSSR count). The minimum atomic E-state index is -3.09. The highest BCUT2D eigenvalue weighted by molar-refractivity contribution is 5.67. The molecule has 0 atom stereocenters. The molecular weight excluding hydrogens is 194 g/mol. The average Bonchev–Trinajstić information content (AvgIpc) is 1.98. The highest BCUT2D eigenvalue weighted by atomic mass is 19.3. The number of rotatable bonds is 3. The topological polar surface area (TPSA) is 64.3 Å². The summed E-state index contributed by atoms with van der Waals surface area (Å²) < 4.78 is 29.9. The highest BCUT2D eigenvalue weighted by Gasteiger charge is 2.28. The molecular formula is C8H16F2N2O2. The number of alkyl halides is 2. The first kappa shape index (κ1) is 13.1. The van der Waals surface area contributed by atoms with Crippen LogP contribution in [0, 0.1) is 0 Å². The van der Waals surface area contributed by atoms with Gasteiger partial charge in [-0.1, -0.05) is 0 Å². The largest absolute Gasteiger partial charge is 0.444 e. The number of hydrogen-bond acceptors (Lipinski definition) is 3. The smallest absolute Gasteiger partial charge is 0.407 e. The molecule has 0 unspecified atom stereocenters. The van der Waals surface area contributed by atoms with Gasteiger partial charge in [0.2, 0.25) is 0 Å². The average molecular weight is 210 g/mol. The molecule has 6 heteroatoms. The molecule has 0 radical (unpaired) electrons. The van der Waals surface area contributed by atoms with Crippen molar-refractivity contribution in [2.75, 3.05) is 13.1 Å². The minimum absolute atomic E-state index is 0.692. The van der Waals surface area contributed by atoms with Crippen LogP contribution >= 0.6 is 0 Å². The number of carbonyl (C=O) groups is 1. The summed E-state index contributed by atoms with van der Waals surface area (Å²) >= 11 is 0. The van der Waals surface area contributed by atoms with Crippen LogP contribution in [0.4, 0.5) is 13.6 Å². The molecule has 0 aliphatic rings. The Bertz CT molecular complexity index is 202. The van der Waals surface area contributed by atoms with Gasteiger partial charge < -0.3 is 15.8 Å². The van der Waals surface area contributed by atoms with E-state index in [4.69, 9.17) is 10.5 Å². The van der Waals surface area contributed by atoms with Crippen molar-refractivity contribution in [1.82, 2.24) is 5.32 Å². The van der Waals surface area contributed by atoms with Crippen molar-refractivity contribution >= 4 is 6.09 Å². The lowest BCUT2D eigenvalue weighted by atomic mass is 10.2. The van der Waals surface area contributed by atoms with E-state index in [1.165, 1.54) is 0 Å². The van der Waals surface area contributed by atoms with E-state index in [-0.39, 0.29) is 0 Å². The third kappa shape index (κ3) is 6.59. The summed E-state index contributed by atoms with van der Waals surface area (Å²) in [7, 11) is 0. The van der Waals surface area contributed by atoms with E-state index in [1.54, 1.807) is 20.8 Å². The van der Waals surface area contributed by atoms with Crippen LogP contribution in [0.3, 0.4) is 0 Å². The van der Waals surface area contributed by atoms with Crippen LogP contribution in [-0.4, -0.2) is 30.7 Å². The molecule has 0 bridgehead atoms. The monoisotopic (exact) mass is 210 g/mol. The summed E-state index contributed by atoms with van der Waals surface area (Å²) in [5, 5.41) is 1.94. The zero-order valence-electron chi connectivity index (χ0n) is 8.56. The van der Waals surface area contributed by atoms with Gasteiger partial charge in [0.1, 0.15) is 5.60 Å². The molecule has 0 spiro atoms. The van der Waals surface area contributed by atoms with Crippen LogP contribution in [0.25, 0.3) is 0 Å². The van der Waals surface area contributed by atoms with Gasteiger partial charge in [0.25, 0.3) is 5.92 Å². The van der Waals surface area contributed by atoms with Crippen LogP contribution in [-0.2, 0) is 4.74 Å². The van der Waals surface area contributed by atoms with Crippen molar-refractivity contribution in [3.63, 3.8) is 0 Å². The molecule has 1 amide bonds. The van der Waals surface area contributed by atoms with Gasteiger partial charge in [-0.3, -0.25) is 0 Å². The van der Waals surface area contributed by atoms with Gasteiger partial charge >= 0.3 is 6.09 Å². The zero-order chi connectivity index (χ0) is 11.4. The summed E-state index contributed by atoms with van der Waals surface area (Å²) in [4.78, 5) is 10.9. The Kier molecular flexibility index (Phi) is 4.25. The van der Waals surface area contributed by atoms with E-state index >= 15 is 0 Å². The Morgan fingerprint density at radius 3 is 2.29 bits per heavy atom. The van der Waals surface area contributed by atoms with Crippen molar-refractivity contribution in [3.05, 3.63) is 0 Å². The number of carbonyl (C=O) groups excluding carboxylic acids is 1. The maximum Gasteiger partial charge on any atom is 0.407 e. The fourth-order valence-electron chi connectivity index (χ4n) is 0.588. The molecule has 0 aliphatic carbocycles. The van der Waals surface area contributed by atoms with E-state index in [9.17, 15) is 13.6 Å². The molecule has 84 valence electrons. The highest BCUT2D eigenvalue weighted by Crippen LogP contribution is 2.10. The normalized spacial score (nSPS) is 12.4. The summed E-state index contributed by atoms with van der Waals surface area (Å²) in [6.45, 7) is 3.33. The van der Waals surface area contributed by atoms with Gasteiger partial charge in [0.05, 0.1) is 13.1 Å². The van der Waals surface area contributed by atoms with Gasteiger partial charge in [-0.2, -0.15) is 0 Å². The number of nitrogens with two attached hydrogens (primary N) is 1. The second-order valence-corrected chi connectivity index (χ2v) is 3.92. The molecule has 4 nitrogen and oxygen atoms in total. The van der Waals surface area contributed by atoms with E-state index in [1.807, 2.05) is 5.32 Å². The van der Waals surface area contributed by atoms with E-state index in [2.05, 4.69) is 0 Å². The number of nitrogens with one attached hydrogen (secondary N) is 1. The summed E-state index contributed by atoms with van der Waals surface area (Å²) in [5.41, 5.74) is 4.09. The summed E-state index contributed by atoms with van der Waals surface area (Å²) in [6.07, 6.45) is -0.870. The van der Waals surface area contributed by atoms with E-state index < -0.39 is 30.7 Å². The minimum Gasteiger partial charge on any atom is -0.444 e. The Hall–Kier alpha value is -0.910. The third-order valence-corrected chi connectivity index (χ3v) is 1.19. The molecule has 0 saturated carbocycles. The summed E-state index contributed by atoms with van der Waals surface area (Å²) in [6, 6.07) is 0. The lowest BCUT2D eigenvalue weighted by Crippen LogP contribution is -2.43. The lowest BCUT2D eigenvalue weighted by molar-refractivity contribution is 0.00341. The van der Waals surface area contributed by atoms with Gasteiger partial charge in [-0.25, -0.2) is 13.6 Å². The van der Waals surface area contributed by atoms with Gasteiger partial charge in [0, 0.05) is 0 Å². The third-order valence-electron chi connectivity index (χ3n) is 1.19. The molecule has 0 aromatic heterocycles. The maximum absolute atomic E-state index is 12.6. The van der Waals surface area contributed by atoms with Gasteiger partial charge in [0.15, 0.2) is 0 Å². The first-order chi connectivity index (χ1) is 6.16. The van der Waals surface area contributed by atoms with Crippen LogP contribution in [0.2, 0.25) is 0 Å². The number of halogens is 2. The second kappa shape index (κ2) is 4.54. The molecule has 0 aliphatic heterocycles. The molecule has 0 aromatic carbocycles. The number of hydrogen-bond donors (Lipinski definition) is 2. The summed E-state index contributed by atoms with van der Waals surface area (Å²) in [5.74, 6) is -3.09. The Labute approximate surface area is 81.8 Å². The lowest BCUT2D eigenvalue weighted by Gasteiger charge is -2.21. The molecule has 0 saturated heterocycles. The SMILES string of the molecule is CC(C)(C)OC(=O)NCC(F)(F)CN. The molecule has 3 N–H and O–H groups in total. The quantitative estimate of drug-likeness (QED) is 0.733. The van der Waals surface area contributed by atoms with Crippen molar-refractivity contribution in [2.24, 2.45) is 5.73 Å². The fraction of sp³-hybridized carbons (Fsp3) is 0.875. The second-order valence-electron chi connectivity index (χ2n) is 3.92. The maximum atomic E-state index is 12.6. The van der Waals surface area contributed by atoms with Gasteiger partial charge in [-0.05, 0) is 20.8 Å². The van der Waals surface area contributed by atoms with E-state index in [0.29, 0.717) is 0 Å². The van der Waals surface area contributed by atoms with Crippen molar-refractivity contribution in [3.8, 4) is 0 Å². The first-order valence-electron chi connectivity index (χ1n) is 4.21. The number of ether oxygens (including phenoxy) is 1. The van der Waals surface area contributed by atoms with Gasteiger partial charge in [-0.15, -0.1) is 0 Å². The molecule has 0 fully saturated rings. The predicted molar refractivity (Wildman–Crippen MR) is 48.2 cm³/mol. The van der Waals surface area contributed by atoms with Crippen LogP contribution in [0.1, 0.15) is 20.8 Å². The molecule has 14 heavy (non-hydrogen) atoms. The van der Waals surface area contributed by atoms with Crippen LogP contribution < -0.4 is 11.1 Å². The Morgan fingerprint density at radius 2 is 1.93 bits per heavy atom. The van der Waals surface area contributed by atoms with Crippen molar-refractivity contribution in [1.29, 1.82) is 0 Å². The molecule has 0 heterocycles. The van der Waals surface area contributed by atoms with Crippen molar-refractivity contribution in [2.45, 2.75) is 32.3 Å². The zero-order valence-corrected chi connectivity index (χ0v) is 8.56. The predicted octanol–water partition coefficient (Wildman–Crippen LogP) is 1.11. The molecule has 0 aromatic rings. The first-order valence-corrected chi connectivity index (χ1v) is 4.21. The Balaban J connectivity index is 3.87. The van der Waals surface area contributed by atoms with Crippen molar-refractivity contribution < 1.29 is 18.3 Å². The number of amides is 1. The Morgan fingerprint density at radius 1 is 1.43 bits per heavy atom. The number of alkyl carbamates (subject to hydrolysis) is 1. The van der Waals surface area contributed by atoms with E-state index in [0.717, 1.165) is 0 Å². The standard InChI is InChI=1S/C8H16F2N2O2/c1-7(2,3)14-6(13)12-5-8(9,10)4-11/h4-5,11H2,1-3H3,(H,12,13).